The maximum Gasteiger partial charge on any atom is 2.00 e. The van der Waals surface area contributed by atoms with Crippen LogP contribution in [0.1, 0.15) is 2.85 Å². The molecule has 0 unspecified atom stereocenters. The second-order valence-corrected chi connectivity index (χ2v) is 2.00. The summed E-state index contributed by atoms with van der Waals surface area (Å²) in [6.07, 6.45) is 0. The van der Waals surface area contributed by atoms with Gasteiger partial charge in [-0.2, -0.15) is 0 Å². The summed E-state index contributed by atoms with van der Waals surface area (Å²) in [4.78, 5) is 0. The third-order valence-electron chi connectivity index (χ3n) is 0.957. The fourth-order valence-electron chi connectivity index (χ4n) is 0.541. The fourth-order valence-corrected chi connectivity index (χ4v) is 0.679. The Morgan fingerprint density at radius 2 is 1.88 bits per heavy atom. The Bertz CT molecular complexity index is 65.2. The van der Waals surface area contributed by atoms with E-state index < -0.39 is 0 Å². The van der Waals surface area contributed by atoms with Gasteiger partial charge >= 0.3 is 23.1 Å². The van der Waals surface area contributed by atoms with Gasteiger partial charge in [0.25, 0.3) is 0 Å². The maximum absolute atomic E-state index is 5.57. The van der Waals surface area contributed by atoms with Crippen LogP contribution < -0.4 is 0 Å². The van der Waals surface area contributed by atoms with Crippen molar-refractivity contribution < 1.29 is 7.59 Å². The van der Waals surface area contributed by atoms with Gasteiger partial charge in [0, 0.05) is 13.1 Å². The first-order chi connectivity index (χ1) is 3.39. The van der Waals surface area contributed by atoms with Crippen LogP contribution >= 0.6 is 11.8 Å². The number of ether oxygens (including phenoxy) is 1. The van der Waals surface area contributed by atoms with Crippen molar-refractivity contribution in [2.45, 2.75) is 0 Å². The third kappa shape index (κ3) is 3.09. The number of nitrogens with zero attached hydrogens (tertiary/aromatic N) is 1. The fraction of sp³-hybridized carbons (Fsp3) is 1.00. The van der Waals surface area contributed by atoms with Crippen molar-refractivity contribution in [3.8, 4) is 0 Å². The minimum atomic E-state index is 0. The van der Waals surface area contributed by atoms with Gasteiger partial charge in [0.05, 0.1) is 13.2 Å². The number of rotatable bonds is 0. The second kappa shape index (κ2) is 4.82. The van der Waals surface area contributed by atoms with Gasteiger partial charge < -0.3 is 7.59 Å². The van der Waals surface area contributed by atoms with Crippen LogP contribution in [0.25, 0.3) is 0 Å². The number of hydrogen-bond donors (Lipinski definition) is 0. The molecule has 0 N–H and O–H groups in total. The van der Waals surface area contributed by atoms with Crippen molar-refractivity contribution in [2.75, 3.05) is 26.3 Å². The molecule has 0 amide bonds. The molecule has 0 radical (unpaired) electrons. The van der Waals surface area contributed by atoms with Crippen molar-refractivity contribution in [3.63, 3.8) is 0 Å². The zero-order chi connectivity index (χ0) is 5.11. The first-order valence-electron chi connectivity index (χ1n) is 2.38. The van der Waals surface area contributed by atoms with E-state index >= 15 is 0 Å². The van der Waals surface area contributed by atoms with E-state index in [1.807, 2.05) is 0 Å². The van der Waals surface area contributed by atoms with E-state index in [1.54, 1.807) is 4.42 Å². The van der Waals surface area contributed by atoms with E-state index in [1.165, 1.54) is 0 Å². The van der Waals surface area contributed by atoms with Crippen LogP contribution in [0.3, 0.4) is 0 Å². The Morgan fingerprint density at radius 1 is 1.38 bits per heavy atom. The molecule has 0 aromatic rings. The summed E-state index contributed by atoms with van der Waals surface area (Å²) >= 11 is 5.57. The van der Waals surface area contributed by atoms with E-state index in [2.05, 4.69) is 0 Å². The molecular weight excluding hydrogens is 138 g/mol. The van der Waals surface area contributed by atoms with Crippen molar-refractivity contribution in [1.29, 1.82) is 0 Å². The first kappa shape index (κ1) is 8.98. The van der Waals surface area contributed by atoms with Gasteiger partial charge in [0.1, 0.15) is 0 Å². The molecule has 8 heavy (non-hydrogen) atoms. The zero-order valence-electron chi connectivity index (χ0n) is 6.77. The second-order valence-electron chi connectivity index (χ2n) is 1.52. The molecule has 4 heteroatoms. The first-order valence-corrected chi connectivity index (χ1v) is 2.72. The van der Waals surface area contributed by atoms with Gasteiger partial charge in [-0.05, 0) is 11.8 Å². The topological polar surface area (TPSA) is 12.5 Å². The molecule has 1 fully saturated rings. The number of hydrogen-bond acceptors (Lipinski definition) is 2. The molecule has 1 aliphatic heterocycles. The molecule has 2 nitrogen and oxygen atoms in total. The average Bonchev–Trinajstić information content (AvgIpc) is 1.69. The Morgan fingerprint density at radius 3 is 2.12 bits per heavy atom. The monoisotopic (exact) mass is 147 g/mol. The SMILES string of the molecule is ClN1CCOCC1.[H-].[H-].[Mg+2]. The predicted molar refractivity (Wildman–Crippen MR) is 36.2 cm³/mol. The van der Waals surface area contributed by atoms with E-state index in [4.69, 9.17) is 16.5 Å². The number of morpholine rings is 1. The zero-order valence-corrected chi connectivity index (χ0v) is 6.94. The average molecular weight is 148 g/mol. The summed E-state index contributed by atoms with van der Waals surface area (Å²) in [5.74, 6) is 0. The summed E-state index contributed by atoms with van der Waals surface area (Å²) in [6.45, 7) is 3.29. The maximum atomic E-state index is 5.57. The molecule has 1 rings (SSSR count). The Kier molecular flexibility index (Phi) is 5.41. The summed E-state index contributed by atoms with van der Waals surface area (Å²) in [5, 5.41) is 0. The Hall–Kier alpha value is 0.976. The molecule has 46 valence electrons. The van der Waals surface area contributed by atoms with Gasteiger partial charge in [-0.25, -0.2) is 4.42 Å². The minimum Gasteiger partial charge on any atom is -1.00 e. The van der Waals surface area contributed by atoms with Crippen molar-refractivity contribution in [1.82, 2.24) is 4.42 Å². The molecule has 0 spiro atoms. The van der Waals surface area contributed by atoms with Crippen LogP contribution in [0.15, 0.2) is 0 Å². The molecule has 0 aromatic heterocycles. The molecule has 0 aromatic carbocycles. The predicted octanol–water partition coefficient (Wildman–Crippen LogP) is 0.317. The van der Waals surface area contributed by atoms with Crippen LogP contribution in [-0.2, 0) is 4.74 Å². The summed E-state index contributed by atoms with van der Waals surface area (Å²) in [7, 11) is 0. The van der Waals surface area contributed by atoms with Gasteiger partial charge in [0.2, 0.25) is 0 Å². The van der Waals surface area contributed by atoms with E-state index in [9.17, 15) is 0 Å². The molecule has 0 atom stereocenters. The van der Waals surface area contributed by atoms with E-state index in [0.717, 1.165) is 26.3 Å². The summed E-state index contributed by atoms with van der Waals surface area (Å²) in [6, 6.07) is 0. The molecule has 0 aliphatic carbocycles. The molecule has 1 saturated heterocycles. The molecule has 0 bridgehead atoms. The van der Waals surface area contributed by atoms with Gasteiger partial charge in [-0.3, -0.25) is 0 Å². The van der Waals surface area contributed by atoms with Gasteiger partial charge in [-0.1, -0.05) is 0 Å². The summed E-state index contributed by atoms with van der Waals surface area (Å²) < 4.78 is 6.75. The van der Waals surface area contributed by atoms with Crippen molar-refractivity contribution in [3.05, 3.63) is 0 Å². The van der Waals surface area contributed by atoms with E-state index in [-0.39, 0.29) is 25.9 Å². The van der Waals surface area contributed by atoms with Crippen LogP contribution in [0, 0.1) is 0 Å². The van der Waals surface area contributed by atoms with Crippen molar-refractivity contribution in [2.24, 2.45) is 0 Å². The van der Waals surface area contributed by atoms with Crippen molar-refractivity contribution >= 4 is 34.8 Å². The Balaban J connectivity index is -0.000000163. The normalized spacial score (nSPS) is 22.1. The number of halogens is 1. The molecule has 1 aliphatic rings. The minimum absolute atomic E-state index is 0. The quantitative estimate of drug-likeness (QED) is 0.362. The molecule has 0 saturated carbocycles. The van der Waals surface area contributed by atoms with Crippen LogP contribution in [0.5, 0.6) is 0 Å². The molecule has 1 heterocycles. The van der Waals surface area contributed by atoms with Crippen LogP contribution in [0.4, 0.5) is 0 Å². The van der Waals surface area contributed by atoms with E-state index in [0.29, 0.717) is 0 Å². The van der Waals surface area contributed by atoms with Gasteiger partial charge in [-0.15, -0.1) is 0 Å². The largest absolute Gasteiger partial charge is 2.00 e. The van der Waals surface area contributed by atoms with Crippen LogP contribution in [-0.4, -0.2) is 53.8 Å². The molecular formula is C4H10ClMgNO. The standard InChI is InChI=1S/C4H8ClNO.Mg.2H/c5-6-1-3-7-4-2-6;;;/h1-4H2;;;/q;+2;2*-1. The van der Waals surface area contributed by atoms with Gasteiger partial charge in [0.15, 0.2) is 0 Å². The smallest absolute Gasteiger partial charge is 1.00 e. The Labute approximate surface area is 73.4 Å². The third-order valence-corrected chi connectivity index (χ3v) is 1.29. The summed E-state index contributed by atoms with van der Waals surface area (Å²) in [5.41, 5.74) is 0. The van der Waals surface area contributed by atoms with Crippen LogP contribution in [0.2, 0.25) is 0 Å².